The van der Waals surface area contributed by atoms with Crippen molar-refractivity contribution in [3.8, 4) is 0 Å². The van der Waals surface area contributed by atoms with Crippen LogP contribution in [0.1, 0.15) is 131 Å². The van der Waals surface area contributed by atoms with Crippen molar-refractivity contribution < 1.29 is 28.8 Å². The van der Waals surface area contributed by atoms with Crippen LogP contribution in [0, 0.1) is 10.8 Å². The third-order valence-electron chi connectivity index (χ3n) is 11.0. The van der Waals surface area contributed by atoms with Crippen molar-refractivity contribution in [2.75, 3.05) is 37.8 Å². The molecule has 8 nitrogen and oxygen atoms in total. The highest BCUT2D eigenvalue weighted by atomic mass is 16.7. The summed E-state index contributed by atoms with van der Waals surface area (Å²) >= 11 is 0. The Bertz CT molecular complexity index is 1680. The zero-order chi connectivity index (χ0) is 39.6. The summed E-state index contributed by atoms with van der Waals surface area (Å²) in [7, 11) is 0. The SMILES string of the molecule is CCCOCCONC(=O)CCCCC[N+]1=C(C(C)(C)/C=C/C(C)(C)/C=C2/N(CCCCCC(=O)O)c3ccccc3C2(C)C)C(C)(C)c2ccccc21. The third-order valence-corrected chi connectivity index (χ3v) is 11.0. The molecule has 2 N–H and O–H groups in total. The summed E-state index contributed by atoms with van der Waals surface area (Å²) in [5.74, 6) is -0.809. The van der Waals surface area contributed by atoms with E-state index < -0.39 is 5.97 Å². The average Bonchev–Trinajstić information content (AvgIpc) is 3.47. The Balaban J connectivity index is 1.51. The normalized spacial score (nSPS) is 17.1. The van der Waals surface area contributed by atoms with Gasteiger partial charge in [-0.25, -0.2) is 5.48 Å². The number of hydrogen-bond donors (Lipinski definition) is 2. The number of carbonyl (C=O) groups excluding carboxylic acids is 1. The zero-order valence-corrected chi connectivity index (χ0v) is 34.7. The lowest BCUT2D eigenvalue weighted by Crippen LogP contribution is -2.40. The summed E-state index contributed by atoms with van der Waals surface area (Å²) in [5.41, 5.74) is 9.68. The average molecular weight is 743 g/mol. The fraction of sp³-hybridized carbons (Fsp3) is 0.587. The van der Waals surface area contributed by atoms with Crippen LogP contribution in [0.15, 0.2) is 72.5 Å². The monoisotopic (exact) mass is 743 g/mol. The van der Waals surface area contributed by atoms with Gasteiger partial charge in [0.25, 0.3) is 0 Å². The van der Waals surface area contributed by atoms with Crippen molar-refractivity contribution in [1.82, 2.24) is 5.48 Å². The first-order valence-corrected chi connectivity index (χ1v) is 20.3. The summed E-state index contributed by atoms with van der Waals surface area (Å²) < 4.78 is 7.95. The van der Waals surface area contributed by atoms with Crippen molar-refractivity contribution >= 4 is 29.0 Å². The quantitative estimate of drug-likeness (QED) is 0.0540. The lowest BCUT2D eigenvalue weighted by atomic mass is 9.69. The predicted molar refractivity (Wildman–Crippen MR) is 221 cm³/mol. The Morgan fingerprint density at radius 3 is 2.20 bits per heavy atom. The fourth-order valence-electron chi connectivity index (χ4n) is 8.44. The molecule has 0 radical (unpaired) electrons. The Labute approximate surface area is 325 Å². The van der Waals surface area contributed by atoms with Gasteiger partial charge in [-0.3, -0.25) is 14.4 Å². The number of unbranched alkanes of at least 4 members (excludes halogenated alkanes) is 4. The maximum atomic E-state index is 12.3. The number of carbonyl (C=O) groups is 2. The molecule has 2 aliphatic rings. The van der Waals surface area contributed by atoms with Gasteiger partial charge in [0.2, 0.25) is 11.6 Å². The van der Waals surface area contributed by atoms with Crippen LogP contribution in [0.25, 0.3) is 0 Å². The van der Waals surface area contributed by atoms with Gasteiger partial charge in [0.05, 0.1) is 24.0 Å². The Hall–Kier alpha value is -3.75. The van der Waals surface area contributed by atoms with Gasteiger partial charge in [0.1, 0.15) is 6.54 Å². The van der Waals surface area contributed by atoms with E-state index in [0.29, 0.717) is 32.7 Å². The Morgan fingerprint density at radius 1 is 0.815 bits per heavy atom. The molecule has 2 aromatic carbocycles. The van der Waals surface area contributed by atoms with Crippen molar-refractivity contribution in [1.29, 1.82) is 0 Å². The maximum absolute atomic E-state index is 12.3. The smallest absolute Gasteiger partial charge is 0.303 e. The number of fused-ring (bicyclic) bond motifs is 2. The number of nitrogens with one attached hydrogen (secondary N) is 1. The third kappa shape index (κ3) is 10.7. The zero-order valence-electron chi connectivity index (χ0n) is 34.7. The van der Waals surface area contributed by atoms with Crippen LogP contribution in [-0.2, 0) is 30.0 Å². The molecule has 0 unspecified atom stereocenters. The van der Waals surface area contributed by atoms with Crippen LogP contribution in [0.4, 0.5) is 11.4 Å². The van der Waals surface area contributed by atoms with Gasteiger partial charge in [-0.1, -0.05) is 95.7 Å². The Kier molecular flexibility index (Phi) is 14.9. The van der Waals surface area contributed by atoms with Crippen molar-refractivity contribution in [2.45, 2.75) is 131 Å². The van der Waals surface area contributed by atoms with Crippen molar-refractivity contribution in [3.05, 3.63) is 83.6 Å². The minimum Gasteiger partial charge on any atom is -0.481 e. The van der Waals surface area contributed by atoms with E-state index in [4.69, 9.17) is 14.7 Å². The number of hydroxylamine groups is 1. The lowest BCUT2D eigenvalue weighted by Gasteiger charge is -2.32. The second-order valence-corrected chi connectivity index (χ2v) is 17.3. The van der Waals surface area contributed by atoms with Crippen molar-refractivity contribution in [2.24, 2.45) is 10.8 Å². The molecule has 0 fully saturated rings. The fourth-order valence-corrected chi connectivity index (χ4v) is 8.44. The van der Waals surface area contributed by atoms with Gasteiger partial charge < -0.3 is 14.7 Å². The molecule has 1 amide bonds. The second kappa shape index (κ2) is 18.7. The van der Waals surface area contributed by atoms with E-state index >= 15 is 0 Å². The summed E-state index contributed by atoms with van der Waals surface area (Å²) in [4.78, 5) is 31.2. The molecular formula is C46H68N3O5+. The molecule has 0 aliphatic carbocycles. The highest BCUT2D eigenvalue weighted by molar-refractivity contribution is 6.00. The van der Waals surface area contributed by atoms with Crippen LogP contribution in [0.3, 0.4) is 0 Å². The molecule has 54 heavy (non-hydrogen) atoms. The first-order valence-electron chi connectivity index (χ1n) is 20.3. The molecule has 0 aromatic heterocycles. The number of aliphatic carboxylic acids is 1. The minimum absolute atomic E-state index is 0.0852. The molecule has 2 aliphatic heterocycles. The van der Waals surface area contributed by atoms with Crippen LogP contribution in [0.5, 0.6) is 0 Å². The molecule has 296 valence electrons. The van der Waals surface area contributed by atoms with Gasteiger partial charge in [-0.15, -0.1) is 0 Å². The van der Waals surface area contributed by atoms with Crippen molar-refractivity contribution in [3.63, 3.8) is 0 Å². The number of anilines is 1. The number of carboxylic acids is 1. The number of allylic oxidation sites excluding steroid dienone is 4. The number of hydrogen-bond acceptors (Lipinski definition) is 5. The van der Waals surface area contributed by atoms with E-state index in [0.717, 1.165) is 51.6 Å². The van der Waals surface area contributed by atoms with E-state index in [2.05, 4.69) is 144 Å². The van der Waals surface area contributed by atoms with Gasteiger partial charge in [-0.2, -0.15) is 4.58 Å². The minimum atomic E-state index is -0.724. The van der Waals surface area contributed by atoms with E-state index in [1.165, 1.54) is 33.9 Å². The highest BCUT2D eigenvalue weighted by Crippen LogP contribution is 2.50. The second-order valence-electron chi connectivity index (χ2n) is 17.3. The van der Waals surface area contributed by atoms with E-state index in [-0.39, 0.29) is 34.0 Å². The highest BCUT2D eigenvalue weighted by Gasteiger charge is 2.51. The lowest BCUT2D eigenvalue weighted by molar-refractivity contribution is -0.443. The summed E-state index contributed by atoms with van der Waals surface area (Å²) in [6.45, 7) is 24.0. The van der Waals surface area contributed by atoms with Gasteiger partial charge in [0, 0.05) is 66.3 Å². The van der Waals surface area contributed by atoms with E-state index in [1.807, 2.05) is 0 Å². The largest absolute Gasteiger partial charge is 0.481 e. The van der Waals surface area contributed by atoms with Crippen LogP contribution < -0.4 is 10.4 Å². The molecule has 0 bridgehead atoms. The molecule has 0 atom stereocenters. The molecule has 0 saturated carbocycles. The maximum Gasteiger partial charge on any atom is 0.303 e. The number of nitrogens with zero attached hydrogens (tertiary/aromatic N) is 2. The number of benzene rings is 2. The first kappa shape index (κ1) is 43.0. The van der Waals surface area contributed by atoms with Gasteiger partial charge in [-0.05, 0) is 71.4 Å². The summed E-state index contributed by atoms with van der Waals surface area (Å²) in [6, 6.07) is 17.5. The number of ether oxygens (including phenoxy) is 1. The summed E-state index contributed by atoms with van der Waals surface area (Å²) in [5, 5.41) is 9.13. The molecule has 0 saturated heterocycles. The summed E-state index contributed by atoms with van der Waals surface area (Å²) in [6.07, 6.45) is 14.2. The molecular weight excluding hydrogens is 675 g/mol. The Morgan fingerprint density at radius 2 is 1.48 bits per heavy atom. The topological polar surface area (TPSA) is 91.1 Å². The number of para-hydroxylation sites is 2. The van der Waals surface area contributed by atoms with Crippen LogP contribution in [-0.4, -0.2) is 60.2 Å². The standard InChI is InChI=1S/C46H67N3O5/c1-10-31-53-32-33-54-47-40(50)25-13-11-20-30-49-38-24-18-16-22-36(38)46(8,9)42(49)44(4,5)28-27-43(2,3)34-39-45(6,7)35-21-15-17-23-37(35)48(39)29-19-12-14-26-41(51)52/h15-18,21-24,27-28,34H,10-14,19-20,25-26,29-33H2,1-9H3,(H-,47,50,51,52)/p+1/b28-27+,39-34+. The molecule has 4 rings (SSSR count). The van der Waals surface area contributed by atoms with Gasteiger partial charge in [0.15, 0.2) is 5.71 Å². The first-order chi connectivity index (χ1) is 25.5. The van der Waals surface area contributed by atoms with E-state index in [1.54, 1.807) is 0 Å². The molecule has 2 heterocycles. The van der Waals surface area contributed by atoms with Gasteiger partial charge >= 0.3 is 5.97 Å². The number of amides is 1. The molecule has 2 aromatic rings. The van der Waals surface area contributed by atoms with Crippen LogP contribution >= 0.6 is 0 Å². The molecule has 0 spiro atoms. The van der Waals surface area contributed by atoms with Crippen LogP contribution in [0.2, 0.25) is 0 Å². The number of carboxylic acid groups (broad SMARTS) is 1. The number of rotatable bonds is 22. The predicted octanol–water partition coefficient (Wildman–Crippen LogP) is 10.0. The molecule has 8 heteroatoms. The van der Waals surface area contributed by atoms with E-state index in [9.17, 15) is 9.59 Å².